The van der Waals surface area contributed by atoms with Crippen molar-refractivity contribution >= 4 is 0 Å². The molecule has 0 N–H and O–H groups in total. The largest absolute Gasteiger partial charge is 0.489 e. The first-order chi connectivity index (χ1) is 14.3. The van der Waals surface area contributed by atoms with Crippen LogP contribution in [-0.2, 0) is 6.18 Å². The van der Waals surface area contributed by atoms with E-state index in [0.717, 1.165) is 55.9 Å². The summed E-state index contributed by atoms with van der Waals surface area (Å²) in [5.74, 6) is 1.41. The van der Waals surface area contributed by atoms with E-state index in [-0.39, 0.29) is 17.6 Å². The summed E-state index contributed by atoms with van der Waals surface area (Å²) >= 11 is 0. The van der Waals surface area contributed by atoms with Crippen LogP contribution < -0.4 is 4.74 Å². The van der Waals surface area contributed by atoms with Crippen LogP contribution in [0.5, 0.6) is 5.75 Å². The number of hydrogen-bond donors (Lipinski definition) is 0. The van der Waals surface area contributed by atoms with Crippen LogP contribution >= 0.6 is 0 Å². The van der Waals surface area contributed by atoms with Crippen LogP contribution in [0.25, 0.3) is 0 Å². The second-order valence-electron chi connectivity index (χ2n) is 8.35. The van der Waals surface area contributed by atoms with Crippen molar-refractivity contribution in [3.8, 4) is 11.8 Å². The lowest BCUT2D eigenvalue weighted by atomic mass is 9.82. The van der Waals surface area contributed by atoms with Crippen LogP contribution in [0.4, 0.5) is 13.2 Å². The van der Waals surface area contributed by atoms with Gasteiger partial charge in [-0.1, -0.05) is 13.0 Å². The molecule has 1 unspecified atom stereocenters. The lowest BCUT2D eigenvalue weighted by molar-refractivity contribution is -0.137. The van der Waals surface area contributed by atoms with Crippen molar-refractivity contribution < 1.29 is 17.9 Å². The van der Waals surface area contributed by atoms with E-state index >= 15 is 0 Å². The van der Waals surface area contributed by atoms with Gasteiger partial charge in [-0.25, -0.2) is 0 Å². The van der Waals surface area contributed by atoms with Gasteiger partial charge in [0.25, 0.3) is 0 Å². The molecule has 1 aliphatic rings. The molecule has 3 rings (SSSR count). The number of ether oxygens (including phenoxy) is 1. The number of halogens is 3. The van der Waals surface area contributed by atoms with Gasteiger partial charge in [0, 0.05) is 6.20 Å². The Labute approximate surface area is 175 Å². The average Bonchev–Trinajstić information content (AvgIpc) is 2.72. The number of nitrogens with zero attached hydrogens (tertiary/aromatic N) is 2. The zero-order chi connectivity index (χ0) is 21.7. The number of rotatable bonds is 6. The molecule has 0 spiro atoms. The Hall–Kier alpha value is -2.55. The Morgan fingerprint density at radius 2 is 1.90 bits per heavy atom. The SMILES string of the molecule is Cc1cncc(OC2CCC(CCC(C)c3ccc(C#N)c(C(F)(F)F)c3)CC2)c1. The standard InChI is InChI=1S/C24H27F3N2O/c1-16-11-22(15-29-14-16)30-21-9-5-18(6-10-21)4-3-17(2)19-7-8-20(13-28)23(12-19)24(25,26)27/h7-8,11-12,14-15,17-18,21H,3-6,9-10H2,1-2H3. The van der Waals surface area contributed by atoms with E-state index in [4.69, 9.17) is 10.00 Å². The Kier molecular flexibility index (Phi) is 7.02. The highest BCUT2D eigenvalue weighted by Gasteiger charge is 2.34. The Bertz CT molecular complexity index is 896. The first-order valence-electron chi connectivity index (χ1n) is 10.5. The molecule has 0 radical (unpaired) electrons. The summed E-state index contributed by atoms with van der Waals surface area (Å²) in [7, 11) is 0. The zero-order valence-electron chi connectivity index (χ0n) is 17.4. The second kappa shape index (κ2) is 9.51. The molecule has 1 saturated carbocycles. The second-order valence-corrected chi connectivity index (χ2v) is 8.35. The van der Waals surface area contributed by atoms with Crippen LogP contribution in [0.15, 0.2) is 36.7 Å². The lowest BCUT2D eigenvalue weighted by Crippen LogP contribution is -2.24. The zero-order valence-corrected chi connectivity index (χ0v) is 17.4. The number of alkyl halides is 3. The maximum Gasteiger partial charge on any atom is 0.417 e. The van der Waals surface area contributed by atoms with Gasteiger partial charge in [0.1, 0.15) is 5.75 Å². The molecular formula is C24H27F3N2O. The summed E-state index contributed by atoms with van der Waals surface area (Å²) in [6, 6.07) is 7.72. The normalized spacial score (nSPS) is 20.4. The van der Waals surface area contributed by atoms with Crippen molar-refractivity contribution in [2.75, 3.05) is 0 Å². The smallest absolute Gasteiger partial charge is 0.417 e. The fourth-order valence-electron chi connectivity index (χ4n) is 4.18. The average molecular weight is 416 g/mol. The molecule has 3 nitrogen and oxygen atoms in total. The number of hydrogen-bond acceptors (Lipinski definition) is 3. The van der Waals surface area contributed by atoms with Crippen molar-refractivity contribution in [2.24, 2.45) is 5.92 Å². The van der Waals surface area contributed by atoms with E-state index in [1.165, 1.54) is 6.07 Å². The number of pyridine rings is 1. The summed E-state index contributed by atoms with van der Waals surface area (Å²) in [4.78, 5) is 4.16. The Morgan fingerprint density at radius 1 is 1.17 bits per heavy atom. The molecule has 1 fully saturated rings. The third-order valence-corrected chi connectivity index (χ3v) is 5.99. The van der Waals surface area contributed by atoms with Gasteiger partial charge >= 0.3 is 6.18 Å². The van der Waals surface area contributed by atoms with Crippen molar-refractivity contribution in [3.63, 3.8) is 0 Å². The highest BCUT2D eigenvalue weighted by atomic mass is 19.4. The Balaban J connectivity index is 1.50. The third kappa shape index (κ3) is 5.75. The number of aromatic nitrogens is 1. The summed E-state index contributed by atoms with van der Waals surface area (Å²) < 4.78 is 45.7. The molecule has 30 heavy (non-hydrogen) atoms. The van der Waals surface area contributed by atoms with E-state index in [9.17, 15) is 13.2 Å². The number of nitriles is 1. The van der Waals surface area contributed by atoms with E-state index in [2.05, 4.69) is 4.98 Å². The lowest BCUT2D eigenvalue weighted by Gasteiger charge is -2.29. The van der Waals surface area contributed by atoms with Crippen molar-refractivity contribution in [1.82, 2.24) is 4.98 Å². The van der Waals surface area contributed by atoms with Gasteiger partial charge in [-0.2, -0.15) is 18.4 Å². The summed E-state index contributed by atoms with van der Waals surface area (Å²) in [6.45, 7) is 3.95. The molecule has 160 valence electrons. The molecule has 1 aromatic carbocycles. The Morgan fingerprint density at radius 3 is 2.53 bits per heavy atom. The van der Waals surface area contributed by atoms with Crippen LogP contribution in [-0.4, -0.2) is 11.1 Å². The minimum absolute atomic E-state index is 0.0196. The number of aryl methyl sites for hydroxylation is 1. The highest BCUT2D eigenvalue weighted by molar-refractivity contribution is 5.42. The minimum Gasteiger partial charge on any atom is -0.489 e. The third-order valence-electron chi connectivity index (χ3n) is 5.99. The molecule has 0 saturated heterocycles. The van der Waals surface area contributed by atoms with Crippen LogP contribution in [0.2, 0.25) is 0 Å². The molecule has 2 aromatic rings. The number of benzene rings is 1. The summed E-state index contributed by atoms with van der Waals surface area (Å²) in [5.41, 5.74) is 0.565. The van der Waals surface area contributed by atoms with Crippen LogP contribution in [0.3, 0.4) is 0 Å². The van der Waals surface area contributed by atoms with Crippen LogP contribution in [0.1, 0.15) is 73.6 Å². The molecule has 0 aliphatic heterocycles. The van der Waals surface area contributed by atoms with Crippen molar-refractivity contribution in [3.05, 3.63) is 58.9 Å². The molecule has 1 aromatic heterocycles. The van der Waals surface area contributed by atoms with Gasteiger partial charge in [0.2, 0.25) is 0 Å². The van der Waals surface area contributed by atoms with Gasteiger partial charge in [0.15, 0.2) is 0 Å². The topological polar surface area (TPSA) is 45.9 Å². The molecular weight excluding hydrogens is 389 g/mol. The molecule has 0 bridgehead atoms. The van der Waals surface area contributed by atoms with Gasteiger partial charge in [-0.05, 0) is 86.6 Å². The first kappa shape index (κ1) is 22.1. The fourth-order valence-corrected chi connectivity index (χ4v) is 4.18. The highest BCUT2D eigenvalue weighted by Crippen LogP contribution is 2.36. The van der Waals surface area contributed by atoms with Crippen LogP contribution in [0, 0.1) is 24.2 Å². The molecule has 1 aliphatic carbocycles. The first-order valence-corrected chi connectivity index (χ1v) is 10.5. The molecule has 1 atom stereocenters. The summed E-state index contributed by atoms with van der Waals surface area (Å²) in [5, 5.41) is 8.95. The fraction of sp³-hybridized carbons (Fsp3) is 0.500. The van der Waals surface area contributed by atoms with E-state index in [1.807, 2.05) is 19.9 Å². The van der Waals surface area contributed by atoms with Gasteiger partial charge in [0.05, 0.1) is 29.5 Å². The predicted molar refractivity (Wildman–Crippen MR) is 109 cm³/mol. The summed E-state index contributed by atoms with van der Waals surface area (Å²) in [6.07, 6.45) is 5.17. The molecule has 0 amide bonds. The quantitative estimate of drug-likeness (QED) is 0.520. The maximum atomic E-state index is 13.2. The maximum absolute atomic E-state index is 13.2. The van der Waals surface area contributed by atoms with E-state index in [0.29, 0.717) is 11.5 Å². The van der Waals surface area contributed by atoms with Gasteiger partial charge in [-0.15, -0.1) is 0 Å². The van der Waals surface area contributed by atoms with Crippen molar-refractivity contribution in [1.29, 1.82) is 5.26 Å². The monoisotopic (exact) mass is 416 g/mol. The predicted octanol–water partition coefficient (Wildman–Crippen LogP) is 6.80. The van der Waals surface area contributed by atoms with Crippen molar-refractivity contribution in [2.45, 2.75) is 70.6 Å². The minimum atomic E-state index is -4.51. The van der Waals surface area contributed by atoms with Gasteiger partial charge < -0.3 is 4.74 Å². The molecule has 1 heterocycles. The molecule has 6 heteroatoms. The van der Waals surface area contributed by atoms with E-state index < -0.39 is 11.7 Å². The van der Waals surface area contributed by atoms with Gasteiger partial charge in [-0.3, -0.25) is 4.98 Å². The van der Waals surface area contributed by atoms with E-state index in [1.54, 1.807) is 24.5 Å².